The topological polar surface area (TPSA) is 78.3 Å². The van der Waals surface area contributed by atoms with Crippen molar-refractivity contribution in [2.24, 2.45) is 5.73 Å². The van der Waals surface area contributed by atoms with E-state index in [1.807, 2.05) is 26.0 Å². The molecule has 0 fully saturated rings. The van der Waals surface area contributed by atoms with E-state index in [-0.39, 0.29) is 0 Å². The molecule has 0 saturated carbocycles. The van der Waals surface area contributed by atoms with Gasteiger partial charge in [0, 0.05) is 0 Å². The van der Waals surface area contributed by atoms with Crippen molar-refractivity contribution in [2.45, 2.75) is 20.5 Å². The van der Waals surface area contributed by atoms with Crippen LogP contribution in [-0.2, 0) is 6.61 Å². The Morgan fingerprint density at radius 1 is 1.20 bits per heavy atom. The van der Waals surface area contributed by atoms with Gasteiger partial charge in [-0.2, -0.15) is 0 Å². The summed E-state index contributed by atoms with van der Waals surface area (Å²) in [5.41, 5.74) is 15.2. The van der Waals surface area contributed by atoms with E-state index >= 15 is 0 Å². The molecule has 20 heavy (non-hydrogen) atoms. The van der Waals surface area contributed by atoms with Crippen LogP contribution in [0.15, 0.2) is 36.4 Å². The summed E-state index contributed by atoms with van der Waals surface area (Å²) in [6, 6.07) is 11.1. The summed E-state index contributed by atoms with van der Waals surface area (Å²) in [6.45, 7) is 4.39. The second kappa shape index (κ2) is 5.65. The number of ether oxygens (including phenoxy) is 1. The molecular formula is C16H18N2O2. The number of benzene rings is 2. The van der Waals surface area contributed by atoms with Gasteiger partial charge in [0.2, 0.25) is 0 Å². The minimum atomic E-state index is -0.548. The van der Waals surface area contributed by atoms with Gasteiger partial charge in [0.05, 0.1) is 11.3 Å². The number of carbonyl (C=O) groups excluding carboxylic acids is 1. The molecule has 0 radical (unpaired) electrons. The molecule has 0 atom stereocenters. The highest BCUT2D eigenvalue weighted by atomic mass is 16.5. The first-order chi connectivity index (χ1) is 9.49. The maximum Gasteiger partial charge on any atom is 0.252 e. The molecule has 1 amide bonds. The highest BCUT2D eigenvalue weighted by Gasteiger charge is 2.13. The van der Waals surface area contributed by atoms with Crippen molar-refractivity contribution < 1.29 is 9.53 Å². The smallest absolute Gasteiger partial charge is 0.252 e. The number of amides is 1. The number of hydrogen-bond donors (Lipinski definition) is 2. The molecule has 0 aliphatic heterocycles. The number of hydrogen-bond acceptors (Lipinski definition) is 3. The molecule has 4 heteroatoms. The zero-order valence-corrected chi connectivity index (χ0v) is 11.6. The number of anilines is 1. The van der Waals surface area contributed by atoms with E-state index in [1.54, 1.807) is 18.2 Å². The van der Waals surface area contributed by atoms with Gasteiger partial charge in [0.25, 0.3) is 5.91 Å². The fourth-order valence-corrected chi connectivity index (χ4v) is 2.02. The normalized spacial score (nSPS) is 10.3. The summed E-state index contributed by atoms with van der Waals surface area (Å²) in [7, 11) is 0. The first-order valence-corrected chi connectivity index (χ1v) is 6.36. The molecule has 0 spiro atoms. The van der Waals surface area contributed by atoms with Gasteiger partial charge in [0.1, 0.15) is 6.61 Å². The van der Waals surface area contributed by atoms with Crippen LogP contribution in [0.2, 0.25) is 0 Å². The average molecular weight is 270 g/mol. The van der Waals surface area contributed by atoms with Crippen molar-refractivity contribution in [3.8, 4) is 5.75 Å². The molecule has 4 N–H and O–H groups in total. The molecule has 0 heterocycles. The zero-order valence-electron chi connectivity index (χ0n) is 11.6. The zero-order chi connectivity index (χ0) is 14.7. The number of nitrogen functional groups attached to an aromatic ring is 1. The third-order valence-electron chi connectivity index (χ3n) is 3.19. The van der Waals surface area contributed by atoms with Gasteiger partial charge in [-0.25, -0.2) is 0 Å². The molecule has 0 aliphatic rings. The van der Waals surface area contributed by atoms with E-state index in [1.165, 1.54) is 0 Å². The van der Waals surface area contributed by atoms with Crippen LogP contribution >= 0.6 is 0 Å². The largest absolute Gasteiger partial charge is 0.486 e. The number of nitrogens with two attached hydrogens (primary N) is 2. The van der Waals surface area contributed by atoms with Gasteiger partial charge in [-0.1, -0.05) is 29.8 Å². The Labute approximate surface area is 118 Å². The lowest BCUT2D eigenvalue weighted by Crippen LogP contribution is -2.14. The van der Waals surface area contributed by atoms with Crippen LogP contribution in [0.3, 0.4) is 0 Å². The quantitative estimate of drug-likeness (QED) is 0.838. The van der Waals surface area contributed by atoms with Gasteiger partial charge >= 0.3 is 0 Å². The Kier molecular flexibility index (Phi) is 3.94. The van der Waals surface area contributed by atoms with Crippen LogP contribution in [0.4, 0.5) is 5.69 Å². The molecular weight excluding hydrogens is 252 g/mol. The fourth-order valence-electron chi connectivity index (χ4n) is 2.02. The highest BCUT2D eigenvalue weighted by Crippen LogP contribution is 2.27. The van der Waals surface area contributed by atoms with Crippen LogP contribution in [-0.4, -0.2) is 5.91 Å². The first-order valence-electron chi connectivity index (χ1n) is 6.36. The predicted octanol–water partition coefficient (Wildman–Crippen LogP) is 2.56. The maximum absolute atomic E-state index is 11.4. The Bertz CT molecular complexity index is 651. The molecule has 0 unspecified atom stereocenters. The number of para-hydroxylation sites is 1. The molecule has 2 aromatic carbocycles. The van der Waals surface area contributed by atoms with E-state index in [0.717, 1.165) is 16.7 Å². The van der Waals surface area contributed by atoms with Crippen LogP contribution in [0.25, 0.3) is 0 Å². The summed E-state index contributed by atoms with van der Waals surface area (Å²) in [5.74, 6) is -0.200. The van der Waals surface area contributed by atoms with E-state index in [9.17, 15) is 4.79 Å². The summed E-state index contributed by atoms with van der Waals surface area (Å²) in [6.07, 6.45) is 0. The number of aryl methyl sites for hydroxylation is 2. The van der Waals surface area contributed by atoms with Crippen molar-refractivity contribution >= 4 is 11.6 Å². The van der Waals surface area contributed by atoms with E-state index in [0.29, 0.717) is 23.6 Å². The van der Waals surface area contributed by atoms with Gasteiger partial charge in [0.15, 0.2) is 5.75 Å². The average Bonchev–Trinajstić information content (AvgIpc) is 2.40. The number of carbonyl (C=O) groups is 1. The molecule has 104 valence electrons. The molecule has 2 rings (SSSR count). The molecule has 0 bridgehead atoms. The molecule has 4 nitrogen and oxygen atoms in total. The van der Waals surface area contributed by atoms with E-state index < -0.39 is 5.91 Å². The van der Waals surface area contributed by atoms with Crippen LogP contribution in [0.1, 0.15) is 27.0 Å². The summed E-state index contributed by atoms with van der Waals surface area (Å²) < 4.78 is 5.73. The molecule has 0 aromatic heterocycles. The van der Waals surface area contributed by atoms with Gasteiger partial charge in [-0.05, 0) is 37.1 Å². The van der Waals surface area contributed by atoms with Crippen LogP contribution < -0.4 is 16.2 Å². The second-order valence-electron chi connectivity index (χ2n) is 4.81. The Morgan fingerprint density at radius 2 is 1.95 bits per heavy atom. The monoisotopic (exact) mass is 270 g/mol. The second-order valence-corrected chi connectivity index (χ2v) is 4.81. The summed E-state index contributed by atoms with van der Waals surface area (Å²) in [5, 5.41) is 0. The van der Waals surface area contributed by atoms with E-state index in [2.05, 4.69) is 6.07 Å². The van der Waals surface area contributed by atoms with Crippen molar-refractivity contribution in [2.75, 3.05) is 5.73 Å². The maximum atomic E-state index is 11.4. The Balaban J connectivity index is 2.27. The molecule has 2 aromatic rings. The van der Waals surface area contributed by atoms with Crippen molar-refractivity contribution in [3.05, 3.63) is 58.7 Å². The van der Waals surface area contributed by atoms with Gasteiger partial charge in [-0.15, -0.1) is 0 Å². The van der Waals surface area contributed by atoms with Gasteiger partial charge < -0.3 is 16.2 Å². The Morgan fingerprint density at radius 3 is 2.65 bits per heavy atom. The summed E-state index contributed by atoms with van der Waals surface area (Å²) >= 11 is 0. The Hall–Kier alpha value is -2.49. The lowest BCUT2D eigenvalue weighted by molar-refractivity contribution is 0.0996. The summed E-state index contributed by atoms with van der Waals surface area (Å²) in [4.78, 5) is 11.4. The number of primary amides is 1. The van der Waals surface area contributed by atoms with Gasteiger partial charge in [-0.3, -0.25) is 4.79 Å². The number of rotatable bonds is 4. The van der Waals surface area contributed by atoms with Crippen molar-refractivity contribution in [1.82, 2.24) is 0 Å². The minimum Gasteiger partial charge on any atom is -0.486 e. The van der Waals surface area contributed by atoms with Crippen LogP contribution in [0, 0.1) is 13.8 Å². The highest BCUT2D eigenvalue weighted by molar-refractivity contribution is 5.97. The van der Waals surface area contributed by atoms with Crippen molar-refractivity contribution in [3.63, 3.8) is 0 Å². The first kappa shape index (κ1) is 13.9. The van der Waals surface area contributed by atoms with Crippen molar-refractivity contribution in [1.29, 1.82) is 0 Å². The van der Waals surface area contributed by atoms with E-state index in [4.69, 9.17) is 16.2 Å². The third kappa shape index (κ3) is 2.91. The fraction of sp³-hybridized carbons (Fsp3) is 0.188. The standard InChI is InChI=1S/C16H18N2O2/c1-10-6-7-11(2)12(8-10)9-20-15-13(16(18)19)4-3-5-14(15)17/h3-8H,9,17H2,1-2H3,(H2,18,19). The molecule has 0 saturated heterocycles. The third-order valence-corrected chi connectivity index (χ3v) is 3.19. The predicted molar refractivity (Wildman–Crippen MR) is 79.6 cm³/mol. The lowest BCUT2D eigenvalue weighted by Gasteiger charge is -2.13. The van der Waals surface area contributed by atoms with Crippen LogP contribution in [0.5, 0.6) is 5.75 Å². The minimum absolute atomic E-state index is 0.301. The lowest BCUT2D eigenvalue weighted by atomic mass is 10.1. The molecule has 0 aliphatic carbocycles. The SMILES string of the molecule is Cc1ccc(C)c(COc2c(N)cccc2C(N)=O)c1.